The number of hydrogen-bond donors (Lipinski definition) is 2. The molecule has 2 N–H and O–H groups in total. The molecule has 1 saturated heterocycles. The lowest BCUT2D eigenvalue weighted by atomic mass is 9.96. The summed E-state index contributed by atoms with van der Waals surface area (Å²) in [7, 11) is 0. The van der Waals surface area contributed by atoms with Gasteiger partial charge >= 0.3 is 5.97 Å². The molecule has 1 amide bonds. The molecule has 1 aliphatic rings. The molecule has 1 fully saturated rings. The second-order valence-electron chi connectivity index (χ2n) is 8.22. The van der Waals surface area contributed by atoms with Crippen LogP contribution >= 0.6 is 11.3 Å². The predicted octanol–water partition coefficient (Wildman–Crippen LogP) is 3.86. The standard InChI is InChI=1S/C24H22FN3O4S/c1-2-26-22(30)13-6-5-9-27(12-13)18-11-17-14(10-15(18)25)21(29)20(24(31)32)23-28(17)16-7-3-4-8-19(16)33-23/h3-4,7-8,10-11,13H,2,5-6,9,12H2,1H3,(H,26,30)(H,31,32). The Morgan fingerprint density at radius 1 is 1.24 bits per heavy atom. The molecule has 0 spiro atoms. The maximum Gasteiger partial charge on any atom is 0.342 e. The number of piperidine rings is 1. The molecule has 0 radical (unpaired) electrons. The number of carboxylic acid groups (broad SMARTS) is 1. The van der Waals surface area contributed by atoms with E-state index in [1.807, 2.05) is 36.1 Å². The normalized spacial score (nSPS) is 16.5. The molecule has 1 aliphatic heterocycles. The number of anilines is 1. The molecule has 9 heteroatoms. The molecule has 2 aromatic carbocycles. The lowest BCUT2D eigenvalue weighted by Gasteiger charge is -2.34. The zero-order valence-corrected chi connectivity index (χ0v) is 18.7. The van der Waals surface area contributed by atoms with Crippen LogP contribution < -0.4 is 15.6 Å². The van der Waals surface area contributed by atoms with Gasteiger partial charge in [-0.25, -0.2) is 9.18 Å². The van der Waals surface area contributed by atoms with Crippen LogP contribution in [-0.2, 0) is 4.79 Å². The molecule has 0 saturated carbocycles. The molecule has 1 unspecified atom stereocenters. The van der Waals surface area contributed by atoms with E-state index in [9.17, 15) is 19.5 Å². The number of amides is 1. The van der Waals surface area contributed by atoms with Gasteiger partial charge in [-0.15, -0.1) is 11.3 Å². The number of carboxylic acids is 1. The van der Waals surface area contributed by atoms with Crippen molar-refractivity contribution in [3.8, 4) is 0 Å². The van der Waals surface area contributed by atoms with Gasteiger partial charge in [0.1, 0.15) is 16.2 Å². The topological polar surface area (TPSA) is 91.1 Å². The van der Waals surface area contributed by atoms with Crippen molar-refractivity contribution in [1.29, 1.82) is 0 Å². The Labute approximate surface area is 192 Å². The molecule has 0 bridgehead atoms. The number of nitrogens with zero attached hydrogens (tertiary/aromatic N) is 2. The van der Waals surface area contributed by atoms with Gasteiger partial charge in [0, 0.05) is 19.6 Å². The summed E-state index contributed by atoms with van der Waals surface area (Å²) in [5.74, 6) is -2.23. The Hall–Kier alpha value is -3.46. The van der Waals surface area contributed by atoms with E-state index in [1.165, 1.54) is 11.3 Å². The van der Waals surface area contributed by atoms with Gasteiger partial charge in [-0.2, -0.15) is 0 Å². The number of pyridine rings is 1. The predicted molar refractivity (Wildman–Crippen MR) is 127 cm³/mol. The quantitative estimate of drug-likeness (QED) is 0.476. The number of para-hydroxylation sites is 1. The first-order valence-corrected chi connectivity index (χ1v) is 11.7. The highest BCUT2D eigenvalue weighted by molar-refractivity contribution is 7.24. The number of aromatic nitrogens is 1. The summed E-state index contributed by atoms with van der Waals surface area (Å²) in [6, 6.07) is 10.1. The summed E-state index contributed by atoms with van der Waals surface area (Å²) < 4.78 is 17.9. The van der Waals surface area contributed by atoms with Crippen LogP contribution in [0.15, 0.2) is 41.2 Å². The van der Waals surface area contributed by atoms with Crippen molar-refractivity contribution in [3.05, 3.63) is 58.0 Å². The second kappa shape index (κ2) is 8.15. The number of thiazole rings is 1. The summed E-state index contributed by atoms with van der Waals surface area (Å²) >= 11 is 1.22. The van der Waals surface area contributed by atoms with E-state index in [-0.39, 0.29) is 22.8 Å². The fourth-order valence-electron chi connectivity index (χ4n) is 4.70. The van der Waals surface area contributed by atoms with Crippen LogP contribution in [0.1, 0.15) is 30.1 Å². The van der Waals surface area contributed by atoms with Crippen molar-refractivity contribution in [2.24, 2.45) is 5.92 Å². The Kier molecular flexibility index (Phi) is 5.28. The smallest absolute Gasteiger partial charge is 0.342 e. The van der Waals surface area contributed by atoms with Gasteiger partial charge in [0.25, 0.3) is 0 Å². The second-order valence-corrected chi connectivity index (χ2v) is 9.25. The lowest BCUT2D eigenvalue weighted by Crippen LogP contribution is -2.43. The zero-order valence-electron chi connectivity index (χ0n) is 17.9. The summed E-state index contributed by atoms with van der Waals surface area (Å²) in [5, 5.41) is 12.6. The molecule has 3 heterocycles. The number of rotatable bonds is 4. The van der Waals surface area contributed by atoms with Gasteiger partial charge in [0.05, 0.1) is 32.7 Å². The number of nitrogens with one attached hydrogen (secondary N) is 1. The number of aromatic carboxylic acids is 1. The molecule has 4 aromatic rings. The number of carbonyl (C=O) groups is 2. The highest BCUT2D eigenvalue weighted by Gasteiger charge is 2.28. The highest BCUT2D eigenvalue weighted by atomic mass is 32.1. The van der Waals surface area contributed by atoms with Gasteiger partial charge in [0.2, 0.25) is 11.3 Å². The third-order valence-corrected chi connectivity index (χ3v) is 7.35. The largest absolute Gasteiger partial charge is 0.477 e. The number of fused-ring (bicyclic) bond motifs is 5. The van der Waals surface area contributed by atoms with Crippen LogP contribution in [0.25, 0.3) is 25.9 Å². The van der Waals surface area contributed by atoms with Crippen LogP contribution in [0.4, 0.5) is 10.1 Å². The van der Waals surface area contributed by atoms with E-state index in [1.54, 1.807) is 10.5 Å². The number of hydrogen-bond acceptors (Lipinski definition) is 5. The van der Waals surface area contributed by atoms with E-state index >= 15 is 4.39 Å². The first-order chi connectivity index (χ1) is 15.9. The molecule has 0 aliphatic carbocycles. The van der Waals surface area contributed by atoms with Crippen molar-refractivity contribution >= 4 is 54.9 Å². The SMILES string of the molecule is CCNC(=O)C1CCCN(c2cc3c(cc2F)c(=O)c(C(=O)O)c2sc4ccccc4n23)C1. The average Bonchev–Trinajstić information content (AvgIpc) is 3.18. The van der Waals surface area contributed by atoms with E-state index in [0.29, 0.717) is 35.7 Å². The Balaban J connectivity index is 1.75. The van der Waals surface area contributed by atoms with E-state index < -0.39 is 17.2 Å². The van der Waals surface area contributed by atoms with Crippen molar-refractivity contribution in [2.45, 2.75) is 19.8 Å². The molecule has 33 heavy (non-hydrogen) atoms. The van der Waals surface area contributed by atoms with E-state index in [4.69, 9.17) is 0 Å². The minimum absolute atomic E-state index is 0.0204. The van der Waals surface area contributed by atoms with Crippen molar-refractivity contribution in [2.75, 3.05) is 24.5 Å². The third kappa shape index (κ3) is 3.43. The van der Waals surface area contributed by atoms with E-state index in [0.717, 1.165) is 29.1 Å². The Morgan fingerprint density at radius 2 is 2.03 bits per heavy atom. The number of benzene rings is 2. The van der Waals surface area contributed by atoms with Crippen molar-refractivity contribution < 1.29 is 19.1 Å². The third-order valence-electron chi connectivity index (χ3n) is 6.21. The molecular weight excluding hydrogens is 445 g/mol. The number of halogens is 1. The fourth-order valence-corrected chi connectivity index (χ4v) is 5.89. The minimum atomic E-state index is -1.34. The first kappa shape index (κ1) is 21.4. The van der Waals surface area contributed by atoms with Crippen LogP contribution in [0.5, 0.6) is 0 Å². The molecule has 5 rings (SSSR count). The van der Waals surface area contributed by atoms with E-state index in [2.05, 4.69) is 5.32 Å². The van der Waals surface area contributed by atoms with Crippen molar-refractivity contribution in [1.82, 2.24) is 9.72 Å². The minimum Gasteiger partial charge on any atom is -0.477 e. The fraction of sp³-hybridized carbons (Fsp3) is 0.292. The maximum atomic E-state index is 15.3. The van der Waals surface area contributed by atoms with Crippen LogP contribution in [-0.4, -0.2) is 41.0 Å². The maximum absolute atomic E-state index is 15.3. The van der Waals surface area contributed by atoms with Crippen molar-refractivity contribution in [3.63, 3.8) is 0 Å². The summed E-state index contributed by atoms with van der Waals surface area (Å²) in [6.45, 7) is 3.37. The lowest BCUT2D eigenvalue weighted by molar-refractivity contribution is -0.125. The molecule has 170 valence electrons. The Bertz CT molecular complexity index is 1490. The summed E-state index contributed by atoms with van der Waals surface area (Å²) in [5.41, 5.74) is 0.455. The molecule has 7 nitrogen and oxygen atoms in total. The Morgan fingerprint density at radius 3 is 2.79 bits per heavy atom. The highest BCUT2D eigenvalue weighted by Crippen LogP contribution is 2.34. The average molecular weight is 468 g/mol. The van der Waals surface area contributed by atoms with Crippen LogP contribution in [0.2, 0.25) is 0 Å². The molecule has 1 atom stereocenters. The summed E-state index contributed by atoms with van der Waals surface area (Å²) in [4.78, 5) is 39.6. The zero-order chi connectivity index (χ0) is 23.3. The van der Waals surface area contributed by atoms with Gasteiger partial charge < -0.3 is 15.3 Å². The van der Waals surface area contributed by atoms with Crippen LogP contribution in [0, 0.1) is 11.7 Å². The summed E-state index contributed by atoms with van der Waals surface area (Å²) in [6.07, 6.45) is 1.48. The first-order valence-electron chi connectivity index (χ1n) is 10.9. The van der Waals surface area contributed by atoms with Crippen LogP contribution in [0.3, 0.4) is 0 Å². The van der Waals surface area contributed by atoms with Gasteiger partial charge in [0.15, 0.2) is 0 Å². The molecule has 2 aromatic heterocycles. The van der Waals surface area contributed by atoms with Gasteiger partial charge in [-0.1, -0.05) is 12.1 Å². The van der Waals surface area contributed by atoms with Gasteiger partial charge in [-0.3, -0.25) is 14.0 Å². The molecular formula is C24H22FN3O4S. The monoisotopic (exact) mass is 467 g/mol. The number of carbonyl (C=O) groups excluding carboxylic acids is 1. The van der Waals surface area contributed by atoms with Gasteiger partial charge in [-0.05, 0) is 44.0 Å².